The van der Waals surface area contributed by atoms with E-state index in [9.17, 15) is 8.78 Å². The van der Waals surface area contributed by atoms with Crippen molar-refractivity contribution in [3.05, 3.63) is 59.2 Å². The predicted molar refractivity (Wildman–Crippen MR) is 109 cm³/mol. The lowest BCUT2D eigenvalue weighted by molar-refractivity contribution is 0.617. The first-order chi connectivity index (χ1) is 14.5. The number of pyridine rings is 1. The van der Waals surface area contributed by atoms with E-state index in [0.717, 1.165) is 37.0 Å². The Hall–Kier alpha value is -3.46. The lowest BCUT2D eigenvalue weighted by Gasteiger charge is -2.17. The summed E-state index contributed by atoms with van der Waals surface area (Å²) in [6, 6.07) is 6.75. The summed E-state index contributed by atoms with van der Waals surface area (Å²) >= 11 is 0. The van der Waals surface area contributed by atoms with Crippen LogP contribution in [0.2, 0.25) is 0 Å². The van der Waals surface area contributed by atoms with Crippen molar-refractivity contribution in [2.75, 3.05) is 11.9 Å². The lowest BCUT2D eigenvalue weighted by Crippen LogP contribution is -2.24. The topological polar surface area (TPSA) is 80.6 Å². The largest absolute Gasteiger partial charge is 0.331 e. The van der Waals surface area contributed by atoms with Gasteiger partial charge < -0.3 is 15.2 Å². The van der Waals surface area contributed by atoms with E-state index in [4.69, 9.17) is 0 Å². The van der Waals surface area contributed by atoms with Gasteiger partial charge in [0, 0.05) is 37.8 Å². The van der Waals surface area contributed by atoms with Crippen LogP contribution in [0, 0.1) is 18.6 Å². The molecule has 1 aliphatic rings. The molecule has 0 spiro atoms. The summed E-state index contributed by atoms with van der Waals surface area (Å²) in [5.74, 6) is 0.276. The third-order valence-electron chi connectivity index (χ3n) is 5.34. The van der Waals surface area contributed by atoms with Gasteiger partial charge in [0.2, 0.25) is 5.95 Å². The Morgan fingerprint density at radius 2 is 1.97 bits per heavy atom. The minimum atomic E-state index is -0.636. The maximum absolute atomic E-state index is 14.6. The molecule has 0 radical (unpaired) electrons. The van der Waals surface area contributed by atoms with Crippen molar-refractivity contribution < 1.29 is 8.78 Å². The average Bonchev–Trinajstić information content (AvgIpc) is 3.04. The van der Waals surface area contributed by atoms with Crippen LogP contribution in [0.15, 0.2) is 30.5 Å². The summed E-state index contributed by atoms with van der Waals surface area (Å²) in [6.07, 6.45) is 1.91. The van der Waals surface area contributed by atoms with Crippen molar-refractivity contribution >= 4 is 22.8 Å². The number of hydrogen-bond donors (Lipinski definition) is 2. The zero-order valence-electron chi connectivity index (χ0n) is 16.5. The van der Waals surface area contributed by atoms with Crippen LogP contribution in [-0.4, -0.2) is 31.0 Å². The van der Waals surface area contributed by atoms with Gasteiger partial charge in [-0.3, -0.25) is 0 Å². The number of anilines is 2. The Balaban J connectivity index is 1.53. The highest BCUT2D eigenvalue weighted by atomic mass is 19.1. The van der Waals surface area contributed by atoms with Crippen molar-refractivity contribution in [2.24, 2.45) is 7.05 Å². The van der Waals surface area contributed by atoms with Gasteiger partial charge in [0.1, 0.15) is 22.9 Å². The Bertz CT molecular complexity index is 1280. The fourth-order valence-corrected chi connectivity index (χ4v) is 3.65. The number of nitrogens with one attached hydrogen (secondary N) is 2. The molecule has 4 heterocycles. The van der Waals surface area contributed by atoms with Crippen molar-refractivity contribution in [1.82, 2.24) is 29.8 Å². The molecular formula is C21H19F2N7. The smallest absolute Gasteiger partial charge is 0.229 e. The SMILES string of the molecule is Cc1nc2c(F)cc(-c3nc(Nc4ccc5c(n4)CCNC5)ncc3F)cc2n1C. The van der Waals surface area contributed by atoms with Crippen LogP contribution in [0.25, 0.3) is 22.3 Å². The van der Waals surface area contributed by atoms with Gasteiger partial charge >= 0.3 is 0 Å². The third kappa shape index (κ3) is 3.17. The normalized spacial score (nSPS) is 13.5. The van der Waals surface area contributed by atoms with Gasteiger partial charge in [-0.2, -0.15) is 0 Å². The molecule has 0 atom stereocenters. The van der Waals surface area contributed by atoms with Gasteiger partial charge in [-0.05, 0) is 30.7 Å². The number of hydrogen-bond acceptors (Lipinski definition) is 6. The minimum Gasteiger partial charge on any atom is -0.331 e. The molecule has 0 amide bonds. The van der Waals surface area contributed by atoms with Gasteiger partial charge in [0.15, 0.2) is 11.6 Å². The summed E-state index contributed by atoms with van der Waals surface area (Å²) < 4.78 is 30.9. The van der Waals surface area contributed by atoms with Crippen LogP contribution in [0.3, 0.4) is 0 Å². The van der Waals surface area contributed by atoms with E-state index in [1.807, 2.05) is 12.1 Å². The number of rotatable bonds is 3. The van der Waals surface area contributed by atoms with E-state index in [-0.39, 0.29) is 17.2 Å². The highest BCUT2D eigenvalue weighted by Gasteiger charge is 2.17. The molecule has 152 valence electrons. The summed E-state index contributed by atoms with van der Waals surface area (Å²) in [7, 11) is 1.79. The van der Waals surface area contributed by atoms with Gasteiger partial charge in [0.25, 0.3) is 0 Å². The monoisotopic (exact) mass is 407 g/mol. The Labute approximate surface area is 171 Å². The molecule has 7 nitrogen and oxygen atoms in total. The first-order valence-corrected chi connectivity index (χ1v) is 9.61. The minimum absolute atomic E-state index is 0.00862. The highest BCUT2D eigenvalue weighted by molar-refractivity contribution is 5.82. The number of aryl methyl sites for hydroxylation is 2. The maximum Gasteiger partial charge on any atom is 0.229 e. The number of fused-ring (bicyclic) bond motifs is 2. The van der Waals surface area contributed by atoms with Crippen molar-refractivity contribution in [2.45, 2.75) is 19.9 Å². The molecule has 5 rings (SSSR count). The number of imidazole rings is 1. The molecule has 0 unspecified atom stereocenters. The number of aromatic nitrogens is 5. The molecule has 1 aliphatic heterocycles. The number of nitrogens with zero attached hydrogens (tertiary/aromatic N) is 5. The van der Waals surface area contributed by atoms with Crippen molar-refractivity contribution in [3.63, 3.8) is 0 Å². The first kappa shape index (κ1) is 18.6. The lowest BCUT2D eigenvalue weighted by atomic mass is 10.1. The second-order valence-electron chi connectivity index (χ2n) is 7.29. The summed E-state index contributed by atoms with van der Waals surface area (Å²) in [6.45, 7) is 3.46. The fraction of sp³-hybridized carbons (Fsp3) is 0.238. The summed E-state index contributed by atoms with van der Waals surface area (Å²) in [5.41, 5.74) is 3.31. The average molecular weight is 407 g/mol. The van der Waals surface area contributed by atoms with E-state index < -0.39 is 11.6 Å². The molecule has 0 bridgehead atoms. The summed E-state index contributed by atoms with van der Waals surface area (Å²) in [4.78, 5) is 17.1. The summed E-state index contributed by atoms with van der Waals surface area (Å²) in [5, 5.41) is 6.33. The van der Waals surface area contributed by atoms with Crippen LogP contribution < -0.4 is 10.6 Å². The second-order valence-corrected chi connectivity index (χ2v) is 7.29. The molecular weight excluding hydrogens is 388 g/mol. The molecule has 0 fully saturated rings. The molecule has 0 aliphatic carbocycles. The predicted octanol–water partition coefficient (Wildman–Crippen LogP) is 3.40. The molecule has 1 aromatic carbocycles. The first-order valence-electron chi connectivity index (χ1n) is 9.61. The molecule has 9 heteroatoms. The Morgan fingerprint density at radius 1 is 1.10 bits per heavy atom. The van der Waals surface area contributed by atoms with Crippen LogP contribution in [0.4, 0.5) is 20.5 Å². The molecule has 2 N–H and O–H groups in total. The van der Waals surface area contributed by atoms with Crippen LogP contribution >= 0.6 is 0 Å². The van der Waals surface area contributed by atoms with E-state index >= 15 is 0 Å². The van der Waals surface area contributed by atoms with Gasteiger partial charge in [-0.15, -0.1) is 0 Å². The number of benzene rings is 1. The zero-order valence-corrected chi connectivity index (χ0v) is 16.5. The Morgan fingerprint density at radius 3 is 2.83 bits per heavy atom. The van der Waals surface area contributed by atoms with Gasteiger partial charge in [-0.1, -0.05) is 6.07 Å². The molecule has 3 aromatic heterocycles. The zero-order chi connectivity index (χ0) is 20.8. The van der Waals surface area contributed by atoms with Crippen molar-refractivity contribution in [3.8, 4) is 11.3 Å². The van der Waals surface area contributed by atoms with Crippen LogP contribution in [-0.2, 0) is 20.0 Å². The quantitative estimate of drug-likeness (QED) is 0.542. The Kier molecular flexibility index (Phi) is 4.39. The third-order valence-corrected chi connectivity index (χ3v) is 5.34. The van der Waals surface area contributed by atoms with Crippen LogP contribution in [0.1, 0.15) is 17.1 Å². The van der Waals surface area contributed by atoms with E-state index in [1.165, 1.54) is 6.07 Å². The number of halogens is 2. The molecule has 0 saturated carbocycles. The van der Waals surface area contributed by atoms with E-state index in [0.29, 0.717) is 22.7 Å². The standard InChI is InChI=1S/C21H19F2N7/c1-11-26-20-14(22)7-13(8-17(20)30(11)2)19-15(23)10-25-21(29-19)28-18-4-3-12-9-24-6-5-16(12)27-18/h3-4,7-8,10,24H,5-6,9H2,1-2H3,(H,25,27,28,29). The van der Waals surface area contributed by atoms with Crippen LogP contribution in [0.5, 0.6) is 0 Å². The van der Waals surface area contributed by atoms with E-state index in [2.05, 4.69) is 30.6 Å². The maximum atomic E-state index is 14.6. The highest BCUT2D eigenvalue weighted by Crippen LogP contribution is 2.28. The fourth-order valence-electron chi connectivity index (χ4n) is 3.65. The molecule has 0 saturated heterocycles. The molecule has 30 heavy (non-hydrogen) atoms. The van der Waals surface area contributed by atoms with E-state index in [1.54, 1.807) is 24.6 Å². The molecule has 4 aromatic rings. The van der Waals surface area contributed by atoms with Crippen molar-refractivity contribution in [1.29, 1.82) is 0 Å². The second kappa shape index (κ2) is 7.10. The van der Waals surface area contributed by atoms with Gasteiger partial charge in [0.05, 0.1) is 11.7 Å². The van der Waals surface area contributed by atoms with Gasteiger partial charge in [-0.25, -0.2) is 28.7 Å².